The van der Waals surface area contributed by atoms with E-state index < -0.39 is 5.97 Å². The number of hydrogen-bond acceptors (Lipinski definition) is 6. The molecule has 0 aromatic carbocycles. The molecule has 1 saturated heterocycles. The SMILES string of the molecule is C[C@]12C[C@H](CCCCCC(=O)O)C3=C4CCC(=NNC5=NCCCN5)C=C4CC[C@H]3[C@@H]1CCO2. The zero-order valence-electron chi connectivity index (χ0n) is 20.6. The van der Waals surface area contributed by atoms with E-state index in [0.717, 1.165) is 89.2 Å². The van der Waals surface area contributed by atoms with E-state index in [0.29, 0.717) is 17.8 Å². The third kappa shape index (κ3) is 4.95. The van der Waals surface area contributed by atoms with Crippen LogP contribution in [-0.2, 0) is 9.53 Å². The summed E-state index contributed by atoms with van der Waals surface area (Å²) < 4.78 is 6.37. The van der Waals surface area contributed by atoms with E-state index in [1.165, 1.54) is 18.4 Å². The molecule has 5 rings (SSSR count). The van der Waals surface area contributed by atoms with Crippen molar-refractivity contribution >= 4 is 17.6 Å². The molecule has 1 saturated carbocycles. The van der Waals surface area contributed by atoms with Crippen molar-refractivity contribution in [2.75, 3.05) is 19.7 Å². The fourth-order valence-corrected chi connectivity index (χ4v) is 7.17. The number of carbonyl (C=O) groups is 1. The topological polar surface area (TPSA) is 95.3 Å². The van der Waals surface area contributed by atoms with Crippen molar-refractivity contribution < 1.29 is 14.6 Å². The molecule has 186 valence electrons. The van der Waals surface area contributed by atoms with Crippen LogP contribution in [0.3, 0.4) is 0 Å². The average molecular weight is 469 g/mol. The molecule has 7 nitrogen and oxygen atoms in total. The lowest BCUT2D eigenvalue weighted by molar-refractivity contribution is -0.137. The summed E-state index contributed by atoms with van der Waals surface area (Å²) in [6.45, 7) is 5.07. The minimum atomic E-state index is -0.681. The molecular weight excluding hydrogens is 428 g/mol. The molecule has 34 heavy (non-hydrogen) atoms. The Morgan fingerprint density at radius 2 is 2.21 bits per heavy atom. The van der Waals surface area contributed by atoms with Gasteiger partial charge in [-0.1, -0.05) is 18.4 Å². The average Bonchev–Trinajstić information content (AvgIpc) is 3.23. The lowest BCUT2D eigenvalue weighted by Gasteiger charge is -2.50. The fraction of sp³-hybridized carbons (Fsp3) is 0.741. The summed E-state index contributed by atoms with van der Waals surface area (Å²) in [5.74, 6) is 1.97. The van der Waals surface area contributed by atoms with Gasteiger partial charge in [-0.15, -0.1) is 0 Å². The van der Waals surface area contributed by atoms with Crippen LogP contribution >= 0.6 is 0 Å². The number of allylic oxidation sites excluding steroid dienone is 4. The largest absolute Gasteiger partial charge is 0.481 e. The Labute approximate surface area is 203 Å². The molecular formula is C27H40N4O3. The van der Waals surface area contributed by atoms with Crippen molar-refractivity contribution in [2.45, 2.75) is 89.6 Å². The normalized spacial score (nSPS) is 33.9. The highest BCUT2D eigenvalue weighted by Gasteiger charge is 2.53. The standard InChI is InChI=1S/C27H40N4O3/c1-27-17-19(6-3-2-4-7-24(32)33)25-21-11-9-20(30-31-26-28-13-5-14-29-26)16-18(21)8-10-22(25)23(27)12-15-34-27/h16,19,22-23H,2-15,17H2,1H3,(H,32,33)(H2,28,29,31)/t19-,22-,23-,27-/m0/s1. The number of unbranched alkanes of at least 4 members (excludes halogenated alkanes) is 2. The van der Waals surface area contributed by atoms with Crippen LogP contribution in [0.15, 0.2) is 32.9 Å². The Morgan fingerprint density at radius 1 is 1.29 bits per heavy atom. The van der Waals surface area contributed by atoms with Crippen molar-refractivity contribution in [3.63, 3.8) is 0 Å². The van der Waals surface area contributed by atoms with Gasteiger partial charge in [0, 0.05) is 26.1 Å². The predicted molar refractivity (Wildman–Crippen MR) is 134 cm³/mol. The number of fused-ring (bicyclic) bond motifs is 4. The molecule has 0 aromatic heterocycles. The van der Waals surface area contributed by atoms with Gasteiger partial charge >= 0.3 is 5.97 Å². The van der Waals surface area contributed by atoms with Crippen LogP contribution < -0.4 is 10.7 Å². The van der Waals surface area contributed by atoms with Gasteiger partial charge < -0.3 is 15.2 Å². The zero-order chi connectivity index (χ0) is 23.5. The zero-order valence-corrected chi connectivity index (χ0v) is 20.6. The maximum absolute atomic E-state index is 10.9. The van der Waals surface area contributed by atoms with Gasteiger partial charge in [0.2, 0.25) is 5.96 Å². The van der Waals surface area contributed by atoms with E-state index in [9.17, 15) is 4.79 Å². The molecule has 0 amide bonds. The lowest BCUT2D eigenvalue weighted by Crippen LogP contribution is -2.46. The molecule has 4 atom stereocenters. The quantitative estimate of drug-likeness (QED) is 0.376. The monoisotopic (exact) mass is 468 g/mol. The molecule has 2 heterocycles. The fourth-order valence-electron chi connectivity index (χ4n) is 7.17. The first-order valence-electron chi connectivity index (χ1n) is 13.4. The van der Waals surface area contributed by atoms with Crippen molar-refractivity contribution in [3.05, 3.63) is 22.8 Å². The minimum Gasteiger partial charge on any atom is -0.481 e. The molecule has 0 radical (unpaired) electrons. The summed E-state index contributed by atoms with van der Waals surface area (Å²) in [7, 11) is 0. The second-order valence-corrected chi connectivity index (χ2v) is 10.9. The molecule has 3 N–H and O–H groups in total. The first-order chi connectivity index (χ1) is 16.5. The van der Waals surface area contributed by atoms with Gasteiger partial charge in [0.25, 0.3) is 0 Å². The number of aliphatic carboxylic acids is 1. The summed E-state index contributed by atoms with van der Waals surface area (Å²) in [5.41, 5.74) is 9.13. The highest BCUT2D eigenvalue weighted by molar-refractivity contribution is 5.98. The third-order valence-corrected chi connectivity index (χ3v) is 8.70. The summed E-state index contributed by atoms with van der Waals surface area (Å²) in [4.78, 5) is 15.3. The molecule has 3 aliphatic carbocycles. The van der Waals surface area contributed by atoms with Gasteiger partial charge in [-0.05, 0) is 99.7 Å². The Kier molecular flexibility index (Phi) is 7.09. The number of hydrazone groups is 1. The van der Waals surface area contributed by atoms with Crippen molar-refractivity contribution in [2.24, 2.45) is 27.8 Å². The molecule has 0 aromatic rings. The van der Waals surface area contributed by atoms with Gasteiger partial charge in [-0.25, -0.2) is 5.43 Å². The van der Waals surface area contributed by atoms with Gasteiger partial charge in [-0.3, -0.25) is 9.79 Å². The van der Waals surface area contributed by atoms with Crippen LogP contribution in [0.25, 0.3) is 0 Å². The van der Waals surface area contributed by atoms with Gasteiger partial charge in [0.1, 0.15) is 0 Å². The maximum atomic E-state index is 10.9. The predicted octanol–water partition coefficient (Wildman–Crippen LogP) is 4.56. The minimum absolute atomic E-state index is 0.0145. The number of carboxylic acid groups (broad SMARTS) is 1. The second-order valence-electron chi connectivity index (χ2n) is 10.9. The molecule has 2 aliphatic heterocycles. The van der Waals surface area contributed by atoms with Crippen LogP contribution in [0.4, 0.5) is 0 Å². The molecule has 2 fully saturated rings. The van der Waals surface area contributed by atoms with E-state index in [1.54, 1.807) is 11.1 Å². The van der Waals surface area contributed by atoms with E-state index in [4.69, 9.17) is 9.84 Å². The second kappa shape index (κ2) is 10.2. The van der Waals surface area contributed by atoms with Gasteiger partial charge in [-0.2, -0.15) is 5.10 Å². The number of rotatable bonds is 7. The Bertz CT molecular complexity index is 921. The van der Waals surface area contributed by atoms with Crippen LogP contribution in [0, 0.1) is 17.8 Å². The van der Waals surface area contributed by atoms with Gasteiger partial charge in [0.05, 0.1) is 11.3 Å². The van der Waals surface area contributed by atoms with Gasteiger partial charge in [0.15, 0.2) is 0 Å². The molecule has 0 unspecified atom stereocenters. The van der Waals surface area contributed by atoms with Crippen LogP contribution in [0.5, 0.6) is 0 Å². The Morgan fingerprint density at radius 3 is 3.03 bits per heavy atom. The summed E-state index contributed by atoms with van der Waals surface area (Å²) in [5, 5.41) is 16.9. The number of hydrogen-bond donors (Lipinski definition) is 3. The molecule has 5 aliphatic rings. The van der Waals surface area contributed by atoms with Crippen molar-refractivity contribution in [3.8, 4) is 0 Å². The lowest BCUT2D eigenvalue weighted by atomic mass is 9.57. The Balaban J connectivity index is 1.35. The van der Waals surface area contributed by atoms with Crippen molar-refractivity contribution in [1.29, 1.82) is 0 Å². The van der Waals surface area contributed by atoms with Crippen LogP contribution in [0.1, 0.15) is 84.0 Å². The number of nitrogens with one attached hydrogen (secondary N) is 2. The van der Waals surface area contributed by atoms with E-state index in [2.05, 4.69) is 33.8 Å². The Hall–Kier alpha value is -2.15. The van der Waals surface area contributed by atoms with E-state index in [-0.39, 0.29) is 12.0 Å². The maximum Gasteiger partial charge on any atom is 0.303 e. The highest BCUT2D eigenvalue weighted by atomic mass is 16.5. The first-order valence-corrected chi connectivity index (χ1v) is 13.4. The number of aliphatic imine (C=N–C) groups is 1. The van der Waals surface area contributed by atoms with Crippen LogP contribution in [0.2, 0.25) is 0 Å². The first kappa shape index (κ1) is 23.6. The number of ether oxygens (including phenoxy) is 1. The van der Waals surface area contributed by atoms with Crippen molar-refractivity contribution in [1.82, 2.24) is 10.7 Å². The number of carboxylic acids is 1. The molecule has 7 heteroatoms. The number of nitrogens with zero attached hydrogens (tertiary/aromatic N) is 2. The highest BCUT2D eigenvalue weighted by Crippen LogP contribution is 2.57. The smallest absolute Gasteiger partial charge is 0.303 e. The molecule has 0 bridgehead atoms. The summed E-state index contributed by atoms with van der Waals surface area (Å²) in [6.07, 6.45) is 14.5. The molecule has 0 spiro atoms. The summed E-state index contributed by atoms with van der Waals surface area (Å²) in [6, 6.07) is 0. The van der Waals surface area contributed by atoms with E-state index >= 15 is 0 Å². The van der Waals surface area contributed by atoms with Crippen LogP contribution in [-0.4, -0.2) is 48.0 Å². The third-order valence-electron chi connectivity index (χ3n) is 8.70. The van der Waals surface area contributed by atoms with E-state index in [1.807, 2.05) is 0 Å². The number of guanidine groups is 1. The summed E-state index contributed by atoms with van der Waals surface area (Å²) >= 11 is 0.